The van der Waals surface area contributed by atoms with Gasteiger partial charge < -0.3 is 10.1 Å². The number of aromatic nitrogens is 1. The zero-order valence-corrected chi connectivity index (χ0v) is 16.1. The minimum absolute atomic E-state index is 0.0484. The number of fused-ring (bicyclic) bond motifs is 1. The first-order valence-corrected chi connectivity index (χ1v) is 10.0. The summed E-state index contributed by atoms with van der Waals surface area (Å²) in [5, 5.41) is 3.33. The summed E-state index contributed by atoms with van der Waals surface area (Å²) in [5.74, 6) is 0.143. The van der Waals surface area contributed by atoms with Gasteiger partial charge in [-0.15, -0.1) is 0 Å². The molecule has 0 bridgehead atoms. The van der Waals surface area contributed by atoms with Gasteiger partial charge in [-0.3, -0.25) is 9.52 Å². The Morgan fingerprint density at radius 1 is 1.27 bits per heavy atom. The number of nitrogens with one attached hydrogen (secondary N) is 2. The summed E-state index contributed by atoms with van der Waals surface area (Å²) in [6.45, 7) is 1.38. The molecule has 0 aliphatic carbocycles. The number of thiazole rings is 1. The predicted molar refractivity (Wildman–Crippen MR) is 103 cm³/mol. The zero-order valence-electron chi connectivity index (χ0n) is 13.7. The van der Waals surface area contributed by atoms with Crippen LogP contribution < -0.4 is 14.8 Å². The maximum atomic E-state index is 12.6. The van der Waals surface area contributed by atoms with Crippen molar-refractivity contribution in [1.82, 2.24) is 4.98 Å². The smallest absolute Gasteiger partial charge is 0.261 e. The second kappa shape index (κ2) is 7.10. The first kappa shape index (κ1) is 18.4. The van der Waals surface area contributed by atoms with Gasteiger partial charge in [0.05, 0.1) is 22.4 Å². The van der Waals surface area contributed by atoms with E-state index in [1.807, 2.05) is 0 Å². The van der Waals surface area contributed by atoms with Crippen molar-refractivity contribution in [3.63, 3.8) is 0 Å². The van der Waals surface area contributed by atoms with E-state index >= 15 is 0 Å². The maximum Gasteiger partial charge on any atom is 0.261 e. The third kappa shape index (κ3) is 3.90. The SMILES string of the molecule is COc1cc(NS(=O)(=O)c2cccc(Cl)c2)cc2sc(NC(C)=O)nc12. The molecular formula is C16H14ClN3O4S2. The second-order valence-corrected chi connectivity index (χ2v) is 8.44. The molecule has 10 heteroatoms. The lowest BCUT2D eigenvalue weighted by Gasteiger charge is -2.10. The van der Waals surface area contributed by atoms with Crippen LogP contribution in [0, 0.1) is 0 Å². The van der Waals surface area contributed by atoms with Gasteiger partial charge in [0, 0.05) is 18.0 Å². The van der Waals surface area contributed by atoms with E-state index in [-0.39, 0.29) is 10.8 Å². The Balaban J connectivity index is 2.01. The van der Waals surface area contributed by atoms with Gasteiger partial charge in [0.2, 0.25) is 5.91 Å². The molecule has 0 spiro atoms. The molecule has 1 heterocycles. The zero-order chi connectivity index (χ0) is 18.9. The second-order valence-electron chi connectivity index (χ2n) is 5.29. The summed E-state index contributed by atoms with van der Waals surface area (Å²) in [6, 6.07) is 9.12. The molecule has 0 saturated heterocycles. The molecule has 0 saturated carbocycles. The van der Waals surface area contributed by atoms with Crippen LogP contribution in [0.25, 0.3) is 10.2 Å². The molecule has 3 rings (SSSR count). The molecule has 1 amide bonds. The summed E-state index contributed by atoms with van der Waals surface area (Å²) in [7, 11) is -2.36. The first-order chi connectivity index (χ1) is 12.3. The minimum Gasteiger partial charge on any atom is -0.494 e. The molecule has 0 unspecified atom stereocenters. The van der Waals surface area contributed by atoms with Crippen molar-refractivity contribution < 1.29 is 17.9 Å². The molecule has 0 atom stereocenters. The van der Waals surface area contributed by atoms with Gasteiger partial charge in [0.1, 0.15) is 11.3 Å². The lowest BCUT2D eigenvalue weighted by atomic mass is 10.3. The van der Waals surface area contributed by atoms with E-state index in [1.165, 1.54) is 43.6 Å². The molecule has 1 aromatic heterocycles. The average molecular weight is 412 g/mol. The molecule has 0 fully saturated rings. The number of ether oxygens (including phenoxy) is 1. The van der Waals surface area contributed by atoms with Crippen molar-refractivity contribution >= 4 is 59.9 Å². The van der Waals surface area contributed by atoms with Crippen LogP contribution in [-0.4, -0.2) is 26.4 Å². The van der Waals surface area contributed by atoms with E-state index in [9.17, 15) is 13.2 Å². The van der Waals surface area contributed by atoms with Crippen molar-refractivity contribution in [2.75, 3.05) is 17.1 Å². The molecule has 2 N–H and O–H groups in total. The molecule has 7 nitrogen and oxygen atoms in total. The topological polar surface area (TPSA) is 97.4 Å². The lowest BCUT2D eigenvalue weighted by Crippen LogP contribution is -2.12. The van der Waals surface area contributed by atoms with Gasteiger partial charge in [0.25, 0.3) is 10.0 Å². The molecular weight excluding hydrogens is 398 g/mol. The van der Waals surface area contributed by atoms with Crippen LogP contribution in [0.15, 0.2) is 41.3 Å². The molecule has 0 aliphatic rings. The molecule has 2 aromatic carbocycles. The number of rotatable bonds is 5. The third-order valence-corrected chi connectivity index (χ3v) is 5.85. The normalized spacial score (nSPS) is 11.3. The Bertz CT molecular complexity index is 1100. The molecule has 136 valence electrons. The van der Waals surface area contributed by atoms with Crippen LogP contribution in [0.2, 0.25) is 5.02 Å². The van der Waals surface area contributed by atoms with Crippen LogP contribution in [0.4, 0.5) is 10.8 Å². The number of carbonyl (C=O) groups excluding carboxylic acids is 1. The van der Waals surface area contributed by atoms with Crippen molar-refractivity contribution in [2.24, 2.45) is 0 Å². The number of benzene rings is 2. The Morgan fingerprint density at radius 2 is 2.04 bits per heavy atom. The van der Waals surface area contributed by atoms with Gasteiger partial charge in [0.15, 0.2) is 5.13 Å². The highest BCUT2D eigenvalue weighted by molar-refractivity contribution is 7.92. The number of carbonyl (C=O) groups is 1. The average Bonchev–Trinajstić information content (AvgIpc) is 2.95. The monoisotopic (exact) mass is 411 g/mol. The van der Waals surface area contributed by atoms with Crippen molar-refractivity contribution in [2.45, 2.75) is 11.8 Å². The van der Waals surface area contributed by atoms with Crippen LogP contribution in [-0.2, 0) is 14.8 Å². The van der Waals surface area contributed by atoms with Gasteiger partial charge in [-0.2, -0.15) is 0 Å². The fraction of sp³-hybridized carbons (Fsp3) is 0.125. The maximum absolute atomic E-state index is 12.6. The van der Waals surface area contributed by atoms with Crippen LogP contribution >= 0.6 is 22.9 Å². The van der Waals surface area contributed by atoms with Gasteiger partial charge in [-0.05, 0) is 24.3 Å². The number of hydrogen-bond acceptors (Lipinski definition) is 6. The summed E-state index contributed by atoms with van der Waals surface area (Å²) in [4.78, 5) is 15.6. The van der Waals surface area contributed by atoms with E-state index < -0.39 is 10.0 Å². The molecule has 0 radical (unpaired) electrons. The number of methoxy groups -OCH3 is 1. The largest absolute Gasteiger partial charge is 0.494 e. The minimum atomic E-state index is -3.82. The quantitative estimate of drug-likeness (QED) is 0.666. The fourth-order valence-electron chi connectivity index (χ4n) is 2.27. The first-order valence-electron chi connectivity index (χ1n) is 7.33. The summed E-state index contributed by atoms with van der Waals surface area (Å²) >= 11 is 7.09. The number of halogens is 1. The number of nitrogens with zero attached hydrogens (tertiary/aromatic N) is 1. The van der Waals surface area contributed by atoms with E-state index in [0.29, 0.717) is 31.8 Å². The van der Waals surface area contributed by atoms with Crippen molar-refractivity contribution in [3.05, 3.63) is 41.4 Å². The molecule has 3 aromatic rings. The Labute approximate surface area is 159 Å². The number of anilines is 2. The van der Waals surface area contributed by atoms with Gasteiger partial charge in [-0.1, -0.05) is 29.0 Å². The highest BCUT2D eigenvalue weighted by Gasteiger charge is 2.17. The van der Waals surface area contributed by atoms with Crippen LogP contribution in [0.5, 0.6) is 5.75 Å². The summed E-state index contributed by atoms with van der Waals surface area (Å²) in [6.07, 6.45) is 0. The highest BCUT2D eigenvalue weighted by atomic mass is 35.5. The fourth-order valence-corrected chi connectivity index (χ4v) is 4.58. The van der Waals surface area contributed by atoms with Crippen LogP contribution in [0.1, 0.15) is 6.92 Å². The lowest BCUT2D eigenvalue weighted by molar-refractivity contribution is -0.114. The van der Waals surface area contributed by atoms with Crippen LogP contribution in [0.3, 0.4) is 0 Å². The molecule has 0 aliphatic heterocycles. The Kier molecular flexibility index (Phi) is 5.03. The standard InChI is InChI=1S/C16H14ClN3O4S2/c1-9(21)18-16-19-15-13(24-2)7-11(8-14(15)25-16)20-26(22,23)12-5-3-4-10(17)6-12/h3-8,20H,1-2H3,(H,18,19,21). The number of hydrogen-bond donors (Lipinski definition) is 2. The van der Waals surface area contributed by atoms with E-state index in [2.05, 4.69) is 15.0 Å². The van der Waals surface area contributed by atoms with E-state index in [1.54, 1.807) is 18.2 Å². The summed E-state index contributed by atoms with van der Waals surface area (Å²) in [5.41, 5.74) is 0.847. The van der Waals surface area contributed by atoms with Crippen molar-refractivity contribution in [3.8, 4) is 5.75 Å². The number of sulfonamides is 1. The van der Waals surface area contributed by atoms with Gasteiger partial charge in [-0.25, -0.2) is 13.4 Å². The number of amides is 1. The van der Waals surface area contributed by atoms with E-state index in [0.717, 1.165) is 0 Å². The van der Waals surface area contributed by atoms with Gasteiger partial charge >= 0.3 is 0 Å². The Hall–Kier alpha value is -2.36. The molecule has 26 heavy (non-hydrogen) atoms. The Morgan fingerprint density at radius 3 is 2.69 bits per heavy atom. The summed E-state index contributed by atoms with van der Waals surface area (Å²) < 4.78 is 33.6. The van der Waals surface area contributed by atoms with Crippen molar-refractivity contribution in [1.29, 1.82) is 0 Å². The highest BCUT2D eigenvalue weighted by Crippen LogP contribution is 2.36. The third-order valence-electron chi connectivity index (χ3n) is 3.32. The van der Waals surface area contributed by atoms with E-state index in [4.69, 9.17) is 16.3 Å². The predicted octanol–water partition coefficient (Wildman–Crippen LogP) is 3.72.